The summed E-state index contributed by atoms with van der Waals surface area (Å²) < 4.78 is 5.97. The second-order valence-electron chi connectivity index (χ2n) is 5.18. The van der Waals surface area contributed by atoms with Crippen LogP contribution in [0.3, 0.4) is 0 Å². The van der Waals surface area contributed by atoms with Crippen molar-refractivity contribution in [3.05, 3.63) is 64.2 Å². The van der Waals surface area contributed by atoms with Crippen LogP contribution >= 0.6 is 0 Å². The van der Waals surface area contributed by atoms with Crippen molar-refractivity contribution in [2.75, 3.05) is 6.61 Å². The van der Waals surface area contributed by atoms with Gasteiger partial charge in [-0.05, 0) is 49.6 Å². The zero-order chi connectivity index (χ0) is 15.2. The van der Waals surface area contributed by atoms with Gasteiger partial charge in [-0.1, -0.05) is 41.7 Å². The summed E-state index contributed by atoms with van der Waals surface area (Å²) in [5.41, 5.74) is 5.52. The summed E-state index contributed by atoms with van der Waals surface area (Å²) >= 11 is 0. The Morgan fingerprint density at radius 3 is 2.43 bits per heavy atom. The molecule has 0 unspecified atom stereocenters. The van der Waals surface area contributed by atoms with Gasteiger partial charge in [-0.3, -0.25) is 0 Å². The molecular weight excluding hydrogens is 260 g/mol. The van der Waals surface area contributed by atoms with E-state index in [1.165, 1.54) is 5.56 Å². The number of aliphatic hydroxyl groups is 1. The molecule has 0 aliphatic rings. The zero-order valence-electron chi connectivity index (χ0n) is 12.7. The van der Waals surface area contributed by atoms with Gasteiger partial charge in [0.25, 0.3) is 0 Å². The molecule has 0 aliphatic heterocycles. The van der Waals surface area contributed by atoms with Crippen molar-refractivity contribution in [2.24, 2.45) is 0 Å². The molecule has 0 heterocycles. The van der Waals surface area contributed by atoms with Crippen molar-refractivity contribution in [1.82, 2.24) is 0 Å². The van der Waals surface area contributed by atoms with Crippen molar-refractivity contribution in [3.8, 4) is 17.6 Å². The zero-order valence-corrected chi connectivity index (χ0v) is 12.7. The van der Waals surface area contributed by atoms with Crippen LogP contribution in [-0.2, 0) is 6.61 Å². The second-order valence-corrected chi connectivity index (χ2v) is 5.18. The maximum atomic E-state index is 8.73. The van der Waals surface area contributed by atoms with Crippen LogP contribution in [0.4, 0.5) is 0 Å². The topological polar surface area (TPSA) is 29.5 Å². The lowest BCUT2D eigenvalue weighted by molar-refractivity contribution is 0.302. The molecule has 1 N–H and O–H groups in total. The first kappa shape index (κ1) is 15.2. The number of aryl methyl sites for hydroxylation is 3. The summed E-state index contributed by atoms with van der Waals surface area (Å²) in [4.78, 5) is 0. The van der Waals surface area contributed by atoms with Crippen LogP contribution in [0.15, 0.2) is 36.4 Å². The van der Waals surface area contributed by atoms with Gasteiger partial charge < -0.3 is 9.84 Å². The van der Waals surface area contributed by atoms with Crippen molar-refractivity contribution in [2.45, 2.75) is 27.4 Å². The van der Waals surface area contributed by atoms with E-state index in [0.717, 1.165) is 28.0 Å². The lowest BCUT2D eigenvalue weighted by atomic mass is 10.1. The summed E-state index contributed by atoms with van der Waals surface area (Å²) in [7, 11) is 0. The Balaban J connectivity index is 2.13. The van der Waals surface area contributed by atoms with Gasteiger partial charge in [0, 0.05) is 5.56 Å². The van der Waals surface area contributed by atoms with Gasteiger partial charge in [0.15, 0.2) is 0 Å². The average molecular weight is 280 g/mol. The predicted molar refractivity (Wildman–Crippen MR) is 85.4 cm³/mol. The van der Waals surface area contributed by atoms with Gasteiger partial charge in [0.2, 0.25) is 0 Å². The summed E-state index contributed by atoms with van der Waals surface area (Å²) in [5, 5.41) is 8.73. The SMILES string of the molecule is Cc1cc(C)c(OCc2cccc(C#CCO)c2)c(C)c1. The third kappa shape index (κ3) is 4.11. The van der Waals surface area contributed by atoms with Crippen LogP contribution in [0, 0.1) is 32.6 Å². The highest BCUT2D eigenvalue weighted by atomic mass is 16.5. The number of rotatable bonds is 3. The fourth-order valence-corrected chi connectivity index (χ4v) is 2.43. The van der Waals surface area contributed by atoms with Crippen LogP contribution in [0.25, 0.3) is 0 Å². The molecule has 0 saturated carbocycles. The molecule has 0 aliphatic carbocycles. The summed E-state index contributed by atoms with van der Waals surface area (Å²) in [5.74, 6) is 6.51. The molecule has 0 bridgehead atoms. The van der Waals surface area contributed by atoms with Gasteiger partial charge in [0.05, 0.1) is 0 Å². The van der Waals surface area contributed by atoms with Crippen LogP contribution < -0.4 is 4.74 Å². The Bertz CT molecular complexity index is 667. The second kappa shape index (κ2) is 6.97. The highest BCUT2D eigenvalue weighted by Gasteiger charge is 2.05. The molecule has 2 aromatic carbocycles. The molecule has 2 rings (SSSR count). The van der Waals surface area contributed by atoms with Crippen LogP contribution in [0.1, 0.15) is 27.8 Å². The van der Waals surface area contributed by atoms with E-state index in [2.05, 4.69) is 44.7 Å². The minimum absolute atomic E-state index is 0.123. The van der Waals surface area contributed by atoms with E-state index in [4.69, 9.17) is 9.84 Å². The summed E-state index contributed by atoms with van der Waals surface area (Å²) in [6, 6.07) is 12.1. The third-order valence-electron chi connectivity index (χ3n) is 3.23. The van der Waals surface area contributed by atoms with E-state index in [0.29, 0.717) is 6.61 Å². The van der Waals surface area contributed by atoms with E-state index in [1.807, 2.05) is 24.3 Å². The Hall–Kier alpha value is -2.24. The van der Waals surface area contributed by atoms with Crippen molar-refractivity contribution >= 4 is 0 Å². The van der Waals surface area contributed by atoms with Crippen molar-refractivity contribution in [1.29, 1.82) is 0 Å². The number of hydrogen-bond acceptors (Lipinski definition) is 2. The molecule has 2 aromatic rings. The highest BCUT2D eigenvalue weighted by molar-refractivity contribution is 5.43. The molecule has 0 amide bonds. The summed E-state index contributed by atoms with van der Waals surface area (Å²) in [6.07, 6.45) is 0. The first-order valence-electron chi connectivity index (χ1n) is 6.99. The maximum absolute atomic E-state index is 8.73. The lowest BCUT2D eigenvalue weighted by Gasteiger charge is -2.13. The highest BCUT2D eigenvalue weighted by Crippen LogP contribution is 2.25. The molecule has 0 atom stereocenters. The number of aliphatic hydroxyl groups excluding tert-OH is 1. The Labute approximate surface area is 126 Å². The first-order chi connectivity index (χ1) is 10.1. The Morgan fingerprint density at radius 2 is 1.76 bits per heavy atom. The van der Waals surface area contributed by atoms with Crippen LogP contribution in [0.2, 0.25) is 0 Å². The molecule has 0 radical (unpaired) electrons. The lowest BCUT2D eigenvalue weighted by Crippen LogP contribution is -1.99. The molecule has 0 fully saturated rings. The molecule has 0 aromatic heterocycles. The quantitative estimate of drug-likeness (QED) is 0.871. The van der Waals surface area contributed by atoms with E-state index in [-0.39, 0.29) is 6.61 Å². The molecule has 0 saturated heterocycles. The van der Waals surface area contributed by atoms with Gasteiger partial charge in [-0.2, -0.15) is 0 Å². The molecule has 21 heavy (non-hydrogen) atoms. The number of benzene rings is 2. The predicted octanol–water partition coefficient (Wildman–Crippen LogP) is 3.53. The smallest absolute Gasteiger partial charge is 0.125 e. The largest absolute Gasteiger partial charge is 0.488 e. The van der Waals surface area contributed by atoms with Gasteiger partial charge >= 0.3 is 0 Å². The molecule has 108 valence electrons. The first-order valence-corrected chi connectivity index (χ1v) is 6.99. The van der Waals surface area contributed by atoms with Crippen molar-refractivity contribution < 1.29 is 9.84 Å². The van der Waals surface area contributed by atoms with Gasteiger partial charge in [-0.25, -0.2) is 0 Å². The van der Waals surface area contributed by atoms with Gasteiger partial charge in [-0.15, -0.1) is 0 Å². The molecule has 2 heteroatoms. The van der Waals surface area contributed by atoms with Gasteiger partial charge in [0.1, 0.15) is 19.0 Å². The monoisotopic (exact) mass is 280 g/mol. The van der Waals surface area contributed by atoms with E-state index in [1.54, 1.807) is 0 Å². The van der Waals surface area contributed by atoms with E-state index < -0.39 is 0 Å². The van der Waals surface area contributed by atoms with Crippen LogP contribution in [0.5, 0.6) is 5.75 Å². The minimum atomic E-state index is -0.123. The van der Waals surface area contributed by atoms with Crippen LogP contribution in [-0.4, -0.2) is 11.7 Å². The van der Waals surface area contributed by atoms with E-state index in [9.17, 15) is 0 Å². The molecular formula is C19H20O2. The Kier molecular flexibility index (Phi) is 5.03. The molecule has 2 nitrogen and oxygen atoms in total. The van der Waals surface area contributed by atoms with E-state index >= 15 is 0 Å². The third-order valence-corrected chi connectivity index (χ3v) is 3.23. The standard InChI is InChI=1S/C19H20O2/c1-14-10-15(2)19(16(3)11-14)21-13-18-7-4-6-17(12-18)8-5-9-20/h4,6-7,10-12,20H,9,13H2,1-3H3. The normalized spacial score (nSPS) is 9.90. The number of ether oxygens (including phenoxy) is 1. The molecule has 0 spiro atoms. The minimum Gasteiger partial charge on any atom is -0.488 e. The van der Waals surface area contributed by atoms with Crippen molar-refractivity contribution in [3.63, 3.8) is 0 Å². The maximum Gasteiger partial charge on any atom is 0.125 e. The number of hydrogen-bond donors (Lipinski definition) is 1. The Morgan fingerprint density at radius 1 is 1.05 bits per heavy atom. The average Bonchev–Trinajstić information content (AvgIpc) is 2.44. The fourth-order valence-electron chi connectivity index (χ4n) is 2.43. The summed E-state index contributed by atoms with van der Waals surface area (Å²) in [6.45, 7) is 6.62. The fraction of sp³-hybridized carbons (Fsp3) is 0.263.